The first-order valence-corrected chi connectivity index (χ1v) is 4.78. The summed E-state index contributed by atoms with van der Waals surface area (Å²) in [6.07, 6.45) is 5.73. The number of nitriles is 2. The van der Waals surface area contributed by atoms with Crippen molar-refractivity contribution in [2.75, 3.05) is 6.16 Å². The summed E-state index contributed by atoms with van der Waals surface area (Å²) >= 11 is 0. The summed E-state index contributed by atoms with van der Waals surface area (Å²) < 4.78 is 0. The molecule has 0 amide bonds. The summed E-state index contributed by atoms with van der Waals surface area (Å²) in [6.45, 7) is 0. The second-order valence-corrected chi connectivity index (χ2v) is 2.89. The van der Waals surface area contributed by atoms with Gasteiger partial charge in [-0.05, 0) is 19.0 Å². The van der Waals surface area contributed by atoms with Crippen LogP contribution in [0.4, 0.5) is 0 Å². The largest absolute Gasteiger partial charge is 0.198 e. The van der Waals surface area contributed by atoms with E-state index in [9.17, 15) is 0 Å². The van der Waals surface area contributed by atoms with Crippen molar-refractivity contribution in [2.24, 2.45) is 0 Å². The number of rotatable bonds is 5. The van der Waals surface area contributed by atoms with Gasteiger partial charge in [0, 0.05) is 12.8 Å². The van der Waals surface area contributed by atoms with E-state index in [-0.39, 0.29) is 0 Å². The van der Waals surface area contributed by atoms with Gasteiger partial charge in [0.25, 0.3) is 0 Å². The molecule has 0 bridgehead atoms. The fraction of sp³-hybridized carbons (Fsp3) is 0.556. The molecule has 0 saturated carbocycles. The van der Waals surface area contributed by atoms with E-state index < -0.39 is 0 Å². The lowest BCUT2D eigenvalue weighted by Crippen LogP contribution is -1.84. The lowest BCUT2D eigenvalue weighted by molar-refractivity contribution is 0.872. The van der Waals surface area contributed by atoms with Gasteiger partial charge in [-0.15, -0.1) is 9.24 Å². The van der Waals surface area contributed by atoms with E-state index in [0.717, 1.165) is 19.0 Å². The van der Waals surface area contributed by atoms with Gasteiger partial charge >= 0.3 is 0 Å². The Bertz CT molecular complexity index is 200. The lowest BCUT2D eigenvalue weighted by atomic mass is 10.1. The third kappa shape index (κ3) is 5.90. The molecule has 0 aromatic carbocycles. The third-order valence-corrected chi connectivity index (χ3v) is 1.76. The fourth-order valence-corrected chi connectivity index (χ4v) is 1.26. The Labute approximate surface area is 76.1 Å². The van der Waals surface area contributed by atoms with E-state index in [1.54, 1.807) is 0 Å². The Kier molecular flexibility index (Phi) is 7.66. The highest BCUT2D eigenvalue weighted by Gasteiger charge is 1.95. The van der Waals surface area contributed by atoms with E-state index in [0.29, 0.717) is 12.8 Å². The molecule has 12 heavy (non-hydrogen) atoms. The van der Waals surface area contributed by atoms with Crippen LogP contribution in [0, 0.1) is 22.7 Å². The minimum Gasteiger partial charge on any atom is -0.198 e. The molecule has 2 nitrogen and oxygen atoms in total. The van der Waals surface area contributed by atoms with Crippen LogP contribution in [-0.4, -0.2) is 6.16 Å². The number of allylic oxidation sites excluding steroid dienone is 2. The van der Waals surface area contributed by atoms with Crippen LogP contribution in [-0.2, 0) is 0 Å². The number of hydrogen-bond donors (Lipinski definition) is 0. The first-order chi connectivity index (χ1) is 5.85. The van der Waals surface area contributed by atoms with Crippen molar-refractivity contribution in [3.63, 3.8) is 0 Å². The van der Waals surface area contributed by atoms with E-state index in [1.165, 1.54) is 5.57 Å². The van der Waals surface area contributed by atoms with Gasteiger partial charge in [-0.25, -0.2) is 0 Å². The average Bonchev–Trinajstić information content (AvgIpc) is 2.10. The minimum absolute atomic E-state index is 0.557. The zero-order chi connectivity index (χ0) is 9.23. The maximum Gasteiger partial charge on any atom is 0.0625 e. The minimum atomic E-state index is 0.557. The first kappa shape index (κ1) is 11.2. The number of hydrogen-bond acceptors (Lipinski definition) is 2. The summed E-state index contributed by atoms with van der Waals surface area (Å²) in [5.74, 6) is 0. The van der Waals surface area contributed by atoms with Gasteiger partial charge in [-0.3, -0.25) is 0 Å². The van der Waals surface area contributed by atoms with Crippen LogP contribution in [0.1, 0.15) is 25.7 Å². The first-order valence-electron chi connectivity index (χ1n) is 3.97. The SMILES string of the molecule is N#CCCC(=CCP)CCC#N. The van der Waals surface area contributed by atoms with Crippen molar-refractivity contribution in [1.29, 1.82) is 10.5 Å². The monoisotopic (exact) mass is 180 g/mol. The second kappa shape index (κ2) is 8.25. The van der Waals surface area contributed by atoms with Crippen molar-refractivity contribution in [1.82, 2.24) is 0 Å². The van der Waals surface area contributed by atoms with Crippen LogP contribution in [0.2, 0.25) is 0 Å². The van der Waals surface area contributed by atoms with Crippen LogP contribution in [0.25, 0.3) is 0 Å². The van der Waals surface area contributed by atoms with Crippen molar-refractivity contribution in [3.8, 4) is 12.1 Å². The molecule has 0 aromatic heterocycles. The molecule has 0 saturated heterocycles. The van der Waals surface area contributed by atoms with E-state index in [2.05, 4.69) is 27.5 Å². The molecule has 0 spiro atoms. The normalized spacial score (nSPS) is 8.25. The Morgan fingerprint density at radius 3 is 2.00 bits per heavy atom. The third-order valence-electron chi connectivity index (χ3n) is 1.52. The van der Waals surface area contributed by atoms with Crippen molar-refractivity contribution in [3.05, 3.63) is 11.6 Å². The highest BCUT2D eigenvalue weighted by Crippen LogP contribution is 2.11. The van der Waals surface area contributed by atoms with E-state index in [4.69, 9.17) is 10.5 Å². The maximum atomic E-state index is 8.36. The lowest BCUT2D eigenvalue weighted by Gasteiger charge is -2.00. The molecule has 1 unspecified atom stereocenters. The standard InChI is InChI=1S/C9H13N2P/c10-6-1-3-9(5-8-12)4-2-7-11/h5H,1-4,8,12H2. The van der Waals surface area contributed by atoms with Crippen LogP contribution in [0.5, 0.6) is 0 Å². The molecule has 0 aliphatic rings. The molecule has 64 valence electrons. The Hall–Kier alpha value is -0.850. The van der Waals surface area contributed by atoms with Crippen LogP contribution in [0.3, 0.4) is 0 Å². The van der Waals surface area contributed by atoms with E-state index in [1.807, 2.05) is 0 Å². The predicted octanol–water partition coefficient (Wildman–Crippen LogP) is 2.40. The molecule has 0 aromatic rings. The summed E-state index contributed by atoms with van der Waals surface area (Å²) in [6, 6.07) is 4.20. The molecule has 0 fully saturated rings. The molecular weight excluding hydrogens is 167 g/mol. The van der Waals surface area contributed by atoms with Crippen LogP contribution >= 0.6 is 9.24 Å². The Balaban J connectivity index is 3.82. The molecule has 0 N–H and O–H groups in total. The molecule has 0 heterocycles. The van der Waals surface area contributed by atoms with Crippen LogP contribution in [0.15, 0.2) is 11.6 Å². The molecule has 0 rings (SSSR count). The number of nitrogens with zero attached hydrogens (tertiary/aromatic N) is 2. The molecule has 3 heteroatoms. The zero-order valence-electron chi connectivity index (χ0n) is 7.08. The fourth-order valence-electron chi connectivity index (χ4n) is 0.929. The van der Waals surface area contributed by atoms with Gasteiger partial charge in [0.15, 0.2) is 0 Å². The van der Waals surface area contributed by atoms with Gasteiger partial charge in [0.1, 0.15) is 0 Å². The van der Waals surface area contributed by atoms with Crippen molar-refractivity contribution >= 4 is 9.24 Å². The highest BCUT2D eigenvalue weighted by atomic mass is 31.0. The smallest absolute Gasteiger partial charge is 0.0625 e. The molecule has 0 aliphatic carbocycles. The van der Waals surface area contributed by atoms with Gasteiger partial charge < -0.3 is 0 Å². The van der Waals surface area contributed by atoms with Gasteiger partial charge in [0.05, 0.1) is 12.1 Å². The van der Waals surface area contributed by atoms with Crippen molar-refractivity contribution in [2.45, 2.75) is 25.7 Å². The topological polar surface area (TPSA) is 47.6 Å². The average molecular weight is 180 g/mol. The summed E-state index contributed by atoms with van der Waals surface area (Å²) in [5.41, 5.74) is 1.23. The van der Waals surface area contributed by atoms with Gasteiger partial charge in [-0.2, -0.15) is 10.5 Å². The van der Waals surface area contributed by atoms with Crippen molar-refractivity contribution < 1.29 is 0 Å². The zero-order valence-corrected chi connectivity index (χ0v) is 8.24. The molecule has 0 aliphatic heterocycles. The Morgan fingerprint density at radius 2 is 1.67 bits per heavy atom. The quantitative estimate of drug-likeness (QED) is 0.481. The van der Waals surface area contributed by atoms with Gasteiger partial charge in [0.2, 0.25) is 0 Å². The Morgan fingerprint density at radius 1 is 1.17 bits per heavy atom. The summed E-state index contributed by atoms with van der Waals surface area (Å²) in [4.78, 5) is 0. The van der Waals surface area contributed by atoms with E-state index >= 15 is 0 Å². The molecular formula is C9H13N2P. The highest BCUT2D eigenvalue weighted by molar-refractivity contribution is 7.16. The maximum absolute atomic E-state index is 8.36. The van der Waals surface area contributed by atoms with Crippen LogP contribution < -0.4 is 0 Å². The predicted molar refractivity (Wildman–Crippen MR) is 52.4 cm³/mol. The summed E-state index contributed by atoms with van der Waals surface area (Å²) in [7, 11) is 2.61. The summed E-state index contributed by atoms with van der Waals surface area (Å²) in [5, 5.41) is 16.7. The molecule has 1 atom stereocenters. The second-order valence-electron chi connectivity index (χ2n) is 2.41. The molecule has 0 radical (unpaired) electrons. The van der Waals surface area contributed by atoms with Gasteiger partial charge in [-0.1, -0.05) is 11.6 Å².